The molecule has 0 aliphatic heterocycles. The molecule has 6 aromatic rings. The minimum absolute atomic E-state index is 0. The number of aryl methyl sites for hydroxylation is 1. The fourth-order valence-electron chi connectivity index (χ4n) is 11.7. The standard InChI is InChI=1S/C27H29.C26H31.2CH3.2ClH.Si.Zr/c1-2-18-13-23-4-3-5-25(26(23)14-18)22-6-8-24(9-7-22)27-15-19-10-20(16-27)12-21(11-19)17-27;1-18-8-10-19(11-9-18)22-16-21-6-5-7-24(25(21)17-22)20-12-14-23(15-13-20)26(2,3)4;;;;;;/h3-9,13-14,19-21H,2,10-12,15-17H2,1H3;5-7,12-19H,8-11H2,1-4H3;2*1H3;2*1H;;/q4*-1;;;;. The van der Waals surface area contributed by atoms with Crippen LogP contribution in [-0.2, 0) is 40.6 Å². The Kier molecular flexibility index (Phi) is 17.4. The van der Waals surface area contributed by atoms with E-state index in [2.05, 4.69) is 151 Å². The van der Waals surface area contributed by atoms with Crippen LogP contribution in [0.1, 0.15) is 127 Å². The Balaban J connectivity index is 0.000000235. The van der Waals surface area contributed by atoms with Crippen molar-refractivity contribution in [3.05, 3.63) is 146 Å². The van der Waals surface area contributed by atoms with Gasteiger partial charge in [0.25, 0.3) is 0 Å². The third kappa shape index (κ3) is 10.4. The Morgan fingerprint density at radius 2 is 1.12 bits per heavy atom. The van der Waals surface area contributed by atoms with Gasteiger partial charge in [-0.3, -0.25) is 0 Å². The van der Waals surface area contributed by atoms with Crippen LogP contribution in [0.2, 0.25) is 0 Å². The molecule has 0 aromatic heterocycles. The molecule has 0 heterocycles. The van der Waals surface area contributed by atoms with E-state index >= 15 is 0 Å². The zero-order valence-electron chi connectivity index (χ0n) is 36.9. The summed E-state index contributed by atoms with van der Waals surface area (Å²) in [5.74, 6) is 4.71. The van der Waals surface area contributed by atoms with E-state index in [-0.39, 0.29) is 45.1 Å². The number of benzene rings is 4. The Hall–Kier alpha value is -2.22. The summed E-state index contributed by atoms with van der Waals surface area (Å²) in [5.41, 5.74) is 12.2. The van der Waals surface area contributed by atoms with Gasteiger partial charge in [0.15, 0.2) is 0 Å². The molecule has 6 aromatic carbocycles. The molecule has 5 aliphatic rings. The monoisotopic (exact) mass is 916 g/mol. The summed E-state index contributed by atoms with van der Waals surface area (Å²) in [6, 6.07) is 42.1. The van der Waals surface area contributed by atoms with Gasteiger partial charge < -0.3 is 14.9 Å². The van der Waals surface area contributed by atoms with E-state index in [1.807, 2.05) is 0 Å². The van der Waals surface area contributed by atoms with E-state index in [0.717, 1.165) is 36.0 Å². The van der Waals surface area contributed by atoms with Crippen molar-refractivity contribution in [3.8, 4) is 22.3 Å². The topological polar surface area (TPSA) is 0 Å². The maximum absolute atomic E-state index is 3.06. The van der Waals surface area contributed by atoms with Crippen molar-refractivity contribution in [1.29, 1.82) is 0 Å². The predicted octanol–water partition coefficient (Wildman–Crippen LogP) is 16.4. The second-order valence-electron chi connectivity index (χ2n) is 19.2. The molecule has 5 aliphatic carbocycles. The molecule has 0 saturated heterocycles. The van der Waals surface area contributed by atoms with E-state index < -0.39 is 0 Å². The van der Waals surface area contributed by atoms with Crippen LogP contribution in [-0.4, -0.2) is 6.88 Å². The second-order valence-corrected chi connectivity index (χ2v) is 19.2. The zero-order chi connectivity index (χ0) is 38.3. The SMILES string of the molecule is CC1CCC(c2cc3c(-c4ccc(C(C)(C)C)cc4)cccc3[cH-]2)CC1.CCc1cc2c(-c3ccc(C45CC6CC(CC(C6)C4)C5)cc3)cccc2[cH-]1.Cl.Cl.[CH3-].[CH3-].[Si]=[Zr]. The average molecular weight is 919 g/mol. The third-order valence-electron chi connectivity index (χ3n) is 14.4. The molecule has 0 amide bonds. The molecule has 2 radical (unpaired) electrons. The van der Waals surface area contributed by atoms with Crippen LogP contribution >= 0.6 is 24.8 Å². The normalized spacial score (nSPS) is 23.9. The quantitative estimate of drug-likeness (QED) is 0.119. The third-order valence-corrected chi connectivity index (χ3v) is 14.4. The van der Waals surface area contributed by atoms with E-state index in [0.29, 0.717) is 5.41 Å². The summed E-state index contributed by atoms with van der Waals surface area (Å²) in [7, 11) is 0. The molecule has 59 heavy (non-hydrogen) atoms. The minimum atomic E-state index is 0. The first-order valence-electron chi connectivity index (χ1n) is 21.5. The first-order chi connectivity index (χ1) is 26.6. The summed E-state index contributed by atoms with van der Waals surface area (Å²) in [6.45, 7) is 14.5. The number of hydrogen-bond donors (Lipinski definition) is 0. The van der Waals surface area contributed by atoms with Crippen LogP contribution in [0.4, 0.5) is 0 Å². The zero-order valence-corrected chi connectivity index (χ0v) is 42.0. The molecule has 0 spiro atoms. The summed E-state index contributed by atoms with van der Waals surface area (Å²) in [5, 5.41) is 5.62. The van der Waals surface area contributed by atoms with Gasteiger partial charge in [-0.15, -0.1) is 93.9 Å². The van der Waals surface area contributed by atoms with Crippen molar-refractivity contribution in [2.75, 3.05) is 0 Å². The van der Waals surface area contributed by atoms with Crippen molar-refractivity contribution in [1.82, 2.24) is 0 Å². The molecule has 4 heteroatoms. The van der Waals surface area contributed by atoms with E-state index in [4.69, 9.17) is 0 Å². The van der Waals surface area contributed by atoms with Crippen LogP contribution in [0, 0.1) is 38.5 Å². The first kappa shape index (κ1) is 49.4. The molecular formula is C55H68Cl2SiZr-4. The molecule has 314 valence electrons. The molecule has 0 N–H and O–H groups in total. The van der Waals surface area contributed by atoms with E-state index in [1.165, 1.54) is 142 Å². The molecular weight excluding hydrogens is 851 g/mol. The van der Waals surface area contributed by atoms with Gasteiger partial charge >= 0.3 is 30.2 Å². The fourth-order valence-corrected chi connectivity index (χ4v) is 11.7. The Labute approximate surface area is 387 Å². The van der Waals surface area contributed by atoms with Gasteiger partial charge in [-0.25, -0.2) is 0 Å². The summed E-state index contributed by atoms with van der Waals surface area (Å²) in [6.07, 6.45) is 15.5. The van der Waals surface area contributed by atoms with Gasteiger partial charge in [0, 0.05) is 0 Å². The Morgan fingerprint density at radius 1 is 0.644 bits per heavy atom. The van der Waals surface area contributed by atoms with Crippen LogP contribution in [0.15, 0.2) is 109 Å². The van der Waals surface area contributed by atoms with Gasteiger partial charge in [0.1, 0.15) is 0 Å². The average Bonchev–Trinajstić information content (AvgIpc) is 3.83. The first-order valence-corrected chi connectivity index (χ1v) is 25.7. The summed E-state index contributed by atoms with van der Waals surface area (Å²) < 4.78 is 0. The summed E-state index contributed by atoms with van der Waals surface area (Å²) >= 11 is 1.36. The van der Waals surface area contributed by atoms with Crippen LogP contribution in [0.25, 0.3) is 43.8 Å². The molecule has 0 nitrogen and oxygen atoms in total. The molecule has 0 unspecified atom stereocenters. The van der Waals surface area contributed by atoms with Gasteiger partial charge in [0.2, 0.25) is 0 Å². The van der Waals surface area contributed by atoms with Crippen molar-refractivity contribution < 1.29 is 23.3 Å². The van der Waals surface area contributed by atoms with Gasteiger partial charge in [-0.05, 0) is 120 Å². The molecule has 11 rings (SSSR count). The Morgan fingerprint density at radius 3 is 1.61 bits per heavy atom. The summed E-state index contributed by atoms with van der Waals surface area (Å²) in [4.78, 5) is 0. The molecule has 5 fully saturated rings. The molecule has 0 atom stereocenters. The van der Waals surface area contributed by atoms with Crippen molar-refractivity contribution in [3.63, 3.8) is 0 Å². The Bertz CT molecular complexity index is 2190. The van der Waals surface area contributed by atoms with Crippen molar-refractivity contribution >= 4 is 53.2 Å². The van der Waals surface area contributed by atoms with Crippen LogP contribution in [0.3, 0.4) is 0 Å². The maximum atomic E-state index is 3.06. The predicted molar refractivity (Wildman–Crippen MR) is 261 cm³/mol. The number of rotatable bonds is 5. The second kappa shape index (κ2) is 20.8. The fraction of sp³-hybridized carbons (Fsp3) is 0.418. The van der Waals surface area contributed by atoms with Crippen molar-refractivity contribution in [2.45, 2.75) is 122 Å². The van der Waals surface area contributed by atoms with Crippen molar-refractivity contribution in [2.24, 2.45) is 23.7 Å². The van der Waals surface area contributed by atoms with Crippen LogP contribution < -0.4 is 0 Å². The number of fused-ring (bicyclic) bond motifs is 2. The number of halogens is 2. The number of hydrogen-bond acceptors (Lipinski definition) is 0. The van der Waals surface area contributed by atoms with E-state index in [1.54, 1.807) is 11.1 Å². The van der Waals surface area contributed by atoms with Crippen LogP contribution in [0.5, 0.6) is 0 Å². The van der Waals surface area contributed by atoms with Gasteiger partial charge in [-0.1, -0.05) is 119 Å². The van der Waals surface area contributed by atoms with Gasteiger partial charge in [0.05, 0.1) is 0 Å². The molecule has 4 bridgehead atoms. The van der Waals surface area contributed by atoms with E-state index in [9.17, 15) is 0 Å². The van der Waals surface area contributed by atoms with Gasteiger partial charge in [-0.2, -0.15) is 12.1 Å². The molecule has 5 saturated carbocycles.